The minimum absolute atomic E-state index is 0.267. The highest BCUT2D eigenvalue weighted by atomic mass is 32.1. The van der Waals surface area contributed by atoms with Crippen LogP contribution in [0.5, 0.6) is 0 Å². The number of aromatic carboxylic acids is 1. The third-order valence-corrected chi connectivity index (χ3v) is 4.35. The number of rotatable bonds is 5. The summed E-state index contributed by atoms with van der Waals surface area (Å²) in [6.45, 7) is 0.881. The predicted octanol–water partition coefficient (Wildman–Crippen LogP) is 3.62. The second kappa shape index (κ2) is 6.90. The SMILES string of the molecule is CN(C)Cc1cnc(/C=C/c2ccc3cc(C(=O)O)ccc3n2)s1. The van der Waals surface area contributed by atoms with Gasteiger partial charge in [0.1, 0.15) is 5.01 Å². The van der Waals surface area contributed by atoms with Gasteiger partial charge in [-0.3, -0.25) is 0 Å². The van der Waals surface area contributed by atoms with E-state index in [4.69, 9.17) is 5.11 Å². The Labute approximate surface area is 143 Å². The molecule has 24 heavy (non-hydrogen) atoms. The summed E-state index contributed by atoms with van der Waals surface area (Å²) < 4.78 is 0. The number of hydrogen-bond donors (Lipinski definition) is 1. The first-order valence-corrected chi connectivity index (χ1v) is 8.24. The number of nitrogens with zero attached hydrogens (tertiary/aromatic N) is 3. The number of carboxylic acid groups (broad SMARTS) is 1. The van der Waals surface area contributed by atoms with E-state index in [9.17, 15) is 4.79 Å². The summed E-state index contributed by atoms with van der Waals surface area (Å²) in [5, 5.41) is 10.8. The molecule has 2 aromatic heterocycles. The van der Waals surface area contributed by atoms with Gasteiger partial charge in [-0.2, -0.15) is 0 Å². The number of fused-ring (bicyclic) bond motifs is 1. The standard InChI is InChI=1S/C18H17N3O2S/c1-21(2)11-15-10-19-17(24-15)8-6-14-5-3-12-9-13(18(22)23)4-7-16(12)20-14/h3-10H,11H2,1-2H3,(H,22,23)/b8-6+. The lowest BCUT2D eigenvalue weighted by atomic mass is 10.1. The number of carboxylic acids is 1. The van der Waals surface area contributed by atoms with E-state index < -0.39 is 5.97 Å². The Hall–Kier alpha value is -2.57. The molecule has 1 aromatic carbocycles. The van der Waals surface area contributed by atoms with E-state index in [1.165, 1.54) is 4.88 Å². The number of carbonyl (C=O) groups is 1. The molecule has 0 aliphatic heterocycles. The molecule has 0 saturated heterocycles. The van der Waals surface area contributed by atoms with Crippen molar-refractivity contribution >= 4 is 40.4 Å². The van der Waals surface area contributed by atoms with Crippen LogP contribution in [0.2, 0.25) is 0 Å². The largest absolute Gasteiger partial charge is 0.478 e. The summed E-state index contributed by atoms with van der Waals surface area (Å²) >= 11 is 1.66. The maximum absolute atomic E-state index is 11.0. The van der Waals surface area contributed by atoms with Crippen molar-refractivity contribution in [1.82, 2.24) is 14.9 Å². The summed E-state index contributed by atoms with van der Waals surface area (Å²) in [7, 11) is 4.06. The maximum Gasteiger partial charge on any atom is 0.335 e. The lowest BCUT2D eigenvalue weighted by Crippen LogP contribution is -2.09. The highest BCUT2D eigenvalue weighted by Crippen LogP contribution is 2.19. The first kappa shape index (κ1) is 16.3. The van der Waals surface area contributed by atoms with Crippen LogP contribution in [-0.4, -0.2) is 40.0 Å². The molecule has 0 aliphatic carbocycles. The predicted molar refractivity (Wildman–Crippen MR) is 97.1 cm³/mol. The molecule has 5 nitrogen and oxygen atoms in total. The van der Waals surface area contributed by atoms with Crippen LogP contribution in [0.3, 0.4) is 0 Å². The fourth-order valence-corrected chi connectivity index (χ4v) is 3.25. The Bertz CT molecular complexity index is 916. The average molecular weight is 339 g/mol. The molecule has 1 N–H and O–H groups in total. The van der Waals surface area contributed by atoms with Crippen molar-refractivity contribution < 1.29 is 9.90 Å². The first-order chi connectivity index (χ1) is 11.5. The molecular weight excluding hydrogens is 322 g/mol. The monoisotopic (exact) mass is 339 g/mol. The van der Waals surface area contributed by atoms with Crippen molar-refractivity contribution in [3.05, 3.63) is 57.7 Å². The molecule has 0 unspecified atom stereocenters. The molecule has 6 heteroatoms. The van der Waals surface area contributed by atoms with Crippen molar-refractivity contribution in [3.63, 3.8) is 0 Å². The van der Waals surface area contributed by atoms with E-state index in [0.29, 0.717) is 0 Å². The van der Waals surface area contributed by atoms with E-state index in [1.54, 1.807) is 29.5 Å². The summed E-state index contributed by atoms with van der Waals surface area (Å²) in [4.78, 5) is 23.2. The minimum Gasteiger partial charge on any atom is -0.478 e. The Kier molecular flexibility index (Phi) is 4.69. The van der Waals surface area contributed by atoms with Crippen LogP contribution >= 0.6 is 11.3 Å². The van der Waals surface area contributed by atoms with Gasteiger partial charge in [0.15, 0.2) is 0 Å². The molecule has 0 saturated carbocycles. The van der Waals surface area contributed by atoms with Gasteiger partial charge in [0.25, 0.3) is 0 Å². The second-order valence-corrected chi connectivity index (χ2v) is 6.83. The number of hydrogen-bond acceptors (Lipinski definition) is 5. The van der Waals surface area contributed by atoms with Gasteiger partial charge in [0, 0.05) is 23.0 Å². The zero-order valence-corrected chi connectivity index (χ0v) is 14.2. The molecule has 0 spiro atoms. The smallest absolute Gasteiger partial charge is 0.335 e. The average Bonchev–Trinajstić information content (AvgIpc) is 2.98. The Morgan fingerprint density at radius 3 is 2.83 bits per heavy atom. The van der Waals surface area contributed by atoms with E-state index in [2.05, 4.69) is 14.9 Å². The Balaban J connectivity index is 1.80. The van der Waals surface area contributed by atoms with Gasteiger partial charge in [-0.25, -0.2) is 14.8 Å². The fourth-order valence-electron chi connectivity index (χ4n) is 2.31. The zero-order valence-electron chi connectivity index (χ0n) is 13.4. The van der Waals surface area contributed by atoms with Gasteiger partial charge < -0.3 is 10.0 Å². The van der Waals surface area contributed by atoms with Crippen LogP contribution in [0, 0.1) is 0 Å². The molecule has 0 radical (unpaired) electrons. The molecular formula is C18H17N3O2S. The van der Waals surface area contributed by atoms with Gasteiger partial charge in [-0.15, -0.1) is 11.3 Å². The van der Waals surface area contributed by atoms with E-state index >= 15 is 0 Å². The molecule has 0 atom stereocenters. The van der Waals surface area contributed by atoms with Crippen molar-refractivity contribution in [2.75, 3.05) is 14.1 Å². The summed E-state index contributed by atoms with van der Waals surface area (Å²) in [6, 6.07) is 8.69. The highest BCUT2D eigenvalue weighted by molar-refractivity contribution is 7.12. The number of aromatic nitrogens is 2. The van der Waals surface area contributed by atoms with Gasteiger partial charge in [0.2, 0.25) is 0 Å². The fraction of sp³-hybridized carbons (Fsp3) is 0.167. The van der Waals surface area contributed by atoms with Crippen molar-refractivity contribution in [1.29, 1.82) is 0 Å². The molecule has 122 valence electrons. The van der Waals surface area contributed by atoms with Gasteiger partial charge in [-0.1, -0.05) is 6.07 Å². The Morgan fingerprint density at radius 2 is 2.08 bits per heavy atom. The lowest BCUT2D eigenvalue weighted by Gasteiger charge is -2.05. The molecule has 0 fully saturated rings. The van der Waals surface area contributed by atoms with Gasteiger partial charge in [-0.05, 0) is 50.5 Å². The molecule has 3 rings (SSSR count). The van der Waals surface area contributed by atoms with Crippen LogP contribution in [0.25, 0.3) is 23.1 Å². The lowest BCUT2D eigenvalue weighted by molar-refractivity contribution is 0.0697. The number of benzene rings is 1. The quantitative estimate of drug-likeness (QED) is 0.769. The third kappa shape index (κ3) is 3.84. The molecule has 0 bridgehead atoms. The van der Waals surface area contributed by atoms with Crippen LogP contribution in [0.15, 0.2) is 36.5 Å². The third-order valence-electron chi connectivity index (χ3n) is 3.40. The normalized spacial score (nSPS) is 11.6. The van der Waals surface area contributed by atoms with E-state index in [1.807, 2.05) is 44.6 Å². The summed E-state index contributed by atoms with van der Waals surface area (Å²) in [6.07, 6.45) is 5.76. The van der Waals surface area contributed by atoms with Crippen LogP contribution in [-0.2, 0) is 6.54 Å². The minimum atomic E-state index is -0.932. The Morgan fingerprint density at radius 1 is 1.25 bits per heavy atom. The van der Waals surface area contributed by atoms with Crippen molar-refractivity contribution in [3.8, 4) is 0 Å². The summed E-state index contributed by atoms with van der Waals surface area (Å²) in [5.74, 6) is -0.932. The highest BCUT2D eigenvalue weighted by Gasteiger charge is 2.05. The molecule has 3 aromatic rings. The molecule has 0 amide bonds. The zero-order chi connectivity index (χ0) is 17.1. The summed E-state index contributed by atoms with van der Waals surface area (Å²) in [5.41, 5.74) is 1.85. The van der Waals surface area contributed by atoms with Crippen LogP contribution in [0.4, 0.5) is 0 Å². The van der Waals surface area contributed by atoms with Crippen LogP contribution in [0.1, 0.15) is 25.9 Å². The second-order valence-electron chi connectivity index (χ2n) is 5.68. The van der Waals surface area contributed by atoms with Gasteiger partial charge in [0.05, 0.1) is 16.8 Å². The van der Waals surface area contributed by atoms with E-state index in [-0.39, 0.29) is 5.56 Å². The maximum atomic E-state index is 11.0. The van der Waals surface area contributed by atoms with Crippen LogP contribution < -0.4 is 0 Å². The van der Waals surface area contributed by atoms with Crippen molar-refractivity contribution in [2.24, 2.45) is 0 Å². The first-order valence-electron chi connectivity index (χ1n) is 7.43. The van der Waals surface area contributed by atoms with Crippen molar-refractivity contribution in [2.45, 2.75) is 6.54 Å². The molecule has 0 aliphatic rings. The molecule has 2 heterocycles. The van der Waals surface area contributed by atoms with Gasteiger partial charge >= 0.3 is 5.97 Å². The topological polar surface area (TPSA) is 66.3 Å². The number of thiazole rings is 1. The number of pyridine rings is 1. The van der Waals surface area contributed by atoms with E-state index in [0.717, 1.165) is 28.1 Å².